The van der Waals surface area contributed by atoms with Gasteiger partial charge in [-0.05, 0) is 37.5 Å². The standard InChI is InChI=1S/C15H20N2O2/c1-4-11-6-8-12(9-7-11)17-10(3)14(18)16-13(5-2)15(17)19/h6-10,13H,4-5H2,1-3H3,(H,16,18). The van der Waals surface area contributed by atoms with E-state index in [4.69, 9.17) is 0 Å². The minimum absolute atomic E-state index is 0.0288. The average Bonchev–Trinajstić information content (AvgIpc) is 2.44. The lowest BCUT2D eigenvalue weighted by molar-refractivity contribution is -0.133. The summed E-state index contributed by atoms with van der Waals surface area (Å²) in [6.45, 7) is 5.74. The molecular weight excluding hydrogens is 240 g/mol. The molecule has 4 heteroatoms. The van der Waals surface area contributed by atoms with E-state index in [1.807, 2.05) is 31.2 Å². The van der Waals surface area contributed by atoms with Gasteiger partial charge in [-0.25, -0.2) is 0 Å². The normalized spacial score (nSPS) is 23.4. The molecule has 1 saturated heterocycles. The zero-order chi connectivity index (χ0) is 14.0. The number of hydrogen-bond acceptors (Lipinski definition) is 2. The van der Waals surface area contributed by atoms with Crippen molar-refractivity contribution in [2.75, 3.05) is 4.90 Å². The van der Waals surface area contributed by atoms with E-state index in [1.165, 1.54) is 5.56 Å². The van der Waals surface area contributed by atoms with Crippen LogP contribution in [0.2, 0.25) is 0 Å². The Morgan fingerprint density at radius 3 is 2.32 bits per heavy atom. The van der Waals surface area contributed by atoms with Crippen LogP contribution >= 0.6 is 0 Å². The maximum atomic E-state index is 12.4. The van der Waals surface area contributed by atoms with E-state index in [2.05, 4.69) is 12.2 Å². The highest BCUT2D eigenvalue weighted by molar-refractivity contribution is 6.08. The summed E-state index contributed by atoms with van der Waals surface area (Å²) in [6.07, 6.45) is 1.57. The van der Waals surface area contributed by atoms with Crippen molar-refractivity contribution in [1.82, 2.24) is 5.32 Å². The molecule has 1 aromatic carbocycles. The van der Waals surface area contributed by atoms with Gasteiger partial charge in [-0.2, -0.15) is 0 Å². The summed E-state index contributed by atoms with van der Waals surface area (Å²) < 4.78 is 0. The highest BCUT2D eigenvalue weighted by Gasteiger charge is 2.37. The van der Waals surface area contributed by atoms with E-state index >= 15 is 0 Å². The van der Waals surface area contributed by atoms with E-state index in [0.29, 0.717) is 6.42 Å². The van der Waals surface area contributed by atoms with E-state index < -0.39 is 12.1 Å². The summed E-state index contributed by atoms with van der Waals surface area (Å²) in [6, 6.07) is 6.97. The summed E-state index contributed by atoms with van der Waals surface area (Å²) in [5, 5.41) is 2.76. The summed E-state index contributed by atoms with van der Waals surface area (Å²) in [7, 11) is 0. The Morgan fingerprint density at radius 2 is 1.79 bits per heavy atom. The van der Waals surface area contributed by atoms with Crippen LogP contribution in [0.25, 0.3) is 0 Å². The molecule has 2 unspecified atom stereocenters. The number of amides is 2. The van der Waals surface area contributed by atoms with Crippen LogP contribution in [0.1, 0.15) is 32.8 Å². The summed E-state index contributed by atoms with van der Waals surface area (Å²) in [5.41, 5.74) is 2.01. The van der Waals surface area contributed by atoms with Gasteiger partial charge in [-0.3, -0.25) is 14.5 Å². The number of carbonyl (C=O) groups is 2. The molecule has 0 aliphatic carbocycles. The van der Waals surface area contributed by atoms with Gasteiger partial charge in [0.15, 0.2) is 0 Å². The molecule has 0 bridgehead atoms. The van der Waals surface area contributed by atoms with Crippen molar-refractivity contribution < 1.29 is 9.59 Å². The van der Waals surface area contributed by atoms with Crippen molar-refractivity contribution in [3.63, 3.8) is 0 Å². The zero-order valence-corrected chi connectivity index (χ0v) is 11.6. The van der Waals surface area contributed by atoms with Crippen molar-refractivity contribution in [2.24, 2.45) is 0 Å². The van der Waals surface area contributed by atoms with E-state index in [0.717, 1.165) is 12.1 Å². The molecule has 0 saturated carbocycles. The number of anilines is 1. The van der Waals surface area contributed by atoms with Crippen LogP contribution in [0.5, 0.6) is 0 Å². The molecule has 0 aromatic heterocycles. The zero-order valence-electron chi connectivity index (χ0n) is 11.6. The third-order valence-corrected chi connectivity index (χ3v) is 3.65. The molecule has 1 aliphatic rings. The Balaban J connectivity index is 2.33. The second-order valence-electron chi connectivity index (χ2n) is 4.87. The van der Waals surface area contributed by atoms with Gasteiger partial charge < -0.3 is 5.32 Å². The predicted octanol–water partition coefficient (Wildman–Crippen LogP) is 1.88. The lowest BCUT2D eigenvalue weighted by Crippen LogP contribution is -2.62. The quantitative estimate of drug-likeness (QED) is 0.902. The predicted molar refractivity (Wildman–Crippen MR) is 75.0 cm³/mol. The molecule has 1 aromatic rings. The number of piperazine rings is 1. The van der Waals surface area contributed by atoms with Gasteiger partial charge >= 0.3 is 0 Å². The Morgan fingerprint density at radius 1 is 1.16 bits per heavy atom. The molecule has 4 nitrogen and oxygen atoms in total. The van der Waals surface area contributed by atoms with E-state index in [-0.39, 0.29) is 11.8 Å². The maximum Gasteiger partial charge on any atom is 0.250 e. The lowest BCUT2D eigenvalue weighted by atomic mass is 10.0. The van der Waals surface area contributed by atoms with Crippen molar-refractivity contribution in [3.05, 3.63) is 29.8 Å². The SMILES string of the molecule is CCc1ccc(N2C(=O)C(CC)NC(=O)C2C)cc1. The Bertz CT molecular complexity index is 481. The van der Waals surface area contributed by atoms with Crippen LogP contribution in [-0.4, -0.2) is 23.9 Å². The van der Waals surface area contributed by atoms with Crippen molar-refractivity contribution in [2.45, 2.75) is 45.7 Å². The van der Waals surface area contributed by atoms with Crippen molar-refractivity contribution >= 4 is 17.5 Å². The van der Waals surface area contributed by atoms with E-state index in [1.54, 1.807) is 11.8 Å². The van der Waals surface area contributed by atoms with Crippen LogP contribution in [-0.2, 0) is 16.0 Å². The molecule has 1 fully saturated rings. The van der Waals surface area contributed by atoms with Crippen molar-refractivity contribution in [3.8, 4) is 0 Å². The second-order valence-corrected chi connectivity index (χ2v) is 4.87. The smallest absolute Gasteiger partial charge is 0.250 e. The first-order valence-corrected chi connectivity index (χ1v) is 6.80. The first kappa shape index (κ1) is 13.6. The van der Waals surface area contributed by atoms with Gasteiger partial charge in [0.25, 0.3) is 0 Å². The number of carbonyl (C=O) groups excluding carboxylic acids is 2. The number of rotatable bonds is 3. The third-order valence-electron chi connectivity index (χ3n) is 3.65. The van der Waals surface area contributed by atoms with Gasteiger partial charge in [0.05, 0.1) is 0 Å². The molecule has 0 spiro atoms. The largest absolute Gasteiger partial charge is 0.343 e. The van der Waals surface area contributed by atoms with Gasteiger partial charge in [0, 0.05) is 5.69 Å². The lowest BCUT2D eigenvalue weighted by Gasteiger charge is -2.37. The number of benzene rings is 1. The molecule has 2 rings (SSSR count). The fourth-order valence-corrected chi connectivity index (χ4v) is 2.35. The highest BCUT2D eigenvalue weighted by atomic mass is 16.2. The Labute approximate surface area is 113 Å². The minimum atomic E-state index is -0.456. The average molecular weight is 260 g/mol. The van der Waals surface area contributed by atoms with Crippen LogP contribution in [0.4, 0.5) is 5.69 Å². The van der Waals surface area contributed by atoms with Crippen LogP contribution < -0.4 is 10.2 Å². The molecule has 19 heavy (non-hydrogen) atoms. The molecule has 2 amide bonds. The monoisotopic (exact) mass is 260 g/mol. The molecule has 1 heterocycles. The Hall–Kier alpha value is -1.84. The number of aryl methyl sites for hydroxylation is 1. The second kappa shape index (κ2) is 5.43. The molecule has 1 aliphatic heterocycles. The third kappa shape index (κ3) is 2.48. The van der Waals surface area contributed by atoms with Crippen LogP contribution in [0, 0.1) is 0 Å². The fourth-order valence-electron chi connectivity index (χ4n) is 2.35. The highest BCUT2D eigenvalue weighted by Crippen LogP contribution is 2.22. The first-order chi connectivity index (χ1) is 9.08. The molecule has 0 radical (unpaired) electrons. The fraction of sp³-hybridized carbons (Fsp3) is 0.467. The number of hydrogen-bond donors (Lipinski definition) is 1. The first-order valence-electron chi connectivity index (χ1n) is 6.80. The van der Waals surface area contributed by atoms with Gasteiger partial charge in [-0.15, -0.1) is 0 Å². The maximum absolute atomic E-state index is 12.4. The minimum Gasteiger partial charge on any atom is -0.343 e. The van der Waals surface area contributed by atoms with Crippen molar-refractivity contribution in [1.29, 1.82) is 0 Å². The van der Waals surface area contributed by atoms with Gasteiger partial charge in [-0.1, -0.05) is 26.0 Å². The van der Waals surface area contributed by atoms with Gasteiger partial charge in [0.1, 0.15) is 12.1 Å². The molecular formula is C15H20N2O2. The molecule has 102 valence electrons. The number of nitrogens with zero attached hydrogens (tertiary/aromatic N) is 1. The summed E-state index contributed by atoms with van der Waals surface area (Å²) in [4.78, 5) is 25.9. The topological polar surface area (TPSA) is 49.4 Å². The van der Waals surface area contributed by atoms with Crippen LogP contribution in [0.3, 0.4) is 0 Å². The Kier molecular flexibility index (Phi) is 3.88. The van der Waals surface area contributed by atoms with E-state index in [9.17, 15) is 9.59 Å². The molecule has 1 N–H and O–H groups in total. The van der Waals surface area contributed by atoms with Gasteiger partial charge in [0.2, 0.25) is 11.8 Å². The summed E-state index contributed by atoms with van der Waals surface area (Å²) in [5.74, 6) is -0.120. The number of nitrogens with one attached hydrogen (secondary N) is 1. The summed E-state index contributed by atoms with van der Waals surface area (Å²) >= 11 is 0. The molecule has 2 atom stereocenters. The van der Waals surface area contributed by atoms with Crippen LogP contribution in [0.15, 0.2) is 24.3 Å².